The summed E-state index contributed by atoms with van der Waals surface area (Å²) in [6.45, 7) is 4.40. The fourth-order valence-electron chi connectivity index (χ4n) is 2.49. The van der Waals surface area contributed by atoms with Crippen LogP contribution in [0.2, 0.25) is 5.02 Å². The molecule has 0 fully saturated rings. The summed E-state index contributed by atoms with van der Waals surface area (Å²) in [6, 6.07) is 19.4. The molecular weight excluding hydrogens is 266 g/mol. The van der Waals surface area contributed by atoms with Crippen molar-refractivity contribution in [2.75, 3.05) is 0 Å². The molecule has 106 valence electrons. The molecule has 0 saturated heterocycles. The Bertz CT molecular complexity index is 524. The molecule has 0 amide bonds. The van der Waals surface area contributed by atoms with Crippen LogP contribution in [0.4, 0.5) is 0 Å². The van der Waals surface area contributed by atoms with Crippen LogP contribution < -0.4 is 5.32 Å². The third-order valence-electron chi connectivity index (χ3n) is 3.68. The number of nitrogens with one attached hydrogen (secondary N) is 1. The standard InChI is InChI=1S/C18H22ClN/c1-3-16(13-15-9-5-4-6-10-15)20-14(2)17-11-7-8-12-18(17)19/h4-12,14,16,20H,3,13H2,1-2H3/t14-,16?/m1/s1. The summed E-state index contributed by atoms with van der Waals surface area (Å²) in [7, 11) is 0. The van der Waals surface area contributed by atoms with Crippen molar-refractivity contribution in [2.45, 2.75) is 38.8 Å². The lowest BCUT2D eigenvalue weighted by Gasteiger charge is -2.23. The van der Waals surface area contributed by atoms with Crippen molar-refractivity contribution in [1.29, 1.82) is 0 Å². The third-order valence-corrected chi connectivity index (χ3v) is 4.02. The van der Waals surface area contributed by atoms with E-state index in [4.69, 9.17) is 11.6 Å². The molecule has 1 nitrogen and oxygen atoms in total. The summed E-state index contributed by atoms with van der Waals surface area (Å²) < 4.78 is 0. The zero-order valence-corrected chi connectivity index (χ0v) is 12.9. The molecule has 0 heterocycles. The van der Waals surface area contributed by atoms with Gasteiger partial charge in [0.15, 0.2) is 0 Å². The number of hydrogen-bond donors (Lipinski definition) is 1. The average molecular weight is 288 g/mol. The van der Waals surface area contributed by atoms with Gasteiger partial charge in [-0.15, -0.1) is 0 Å². The van der Waals surface area contributed by atoms with Crippen molar-refractivity contribution in [2.24, 2.45) is 0 Å². The van der Waals surface area contributed by atoms with Gasteiger partial charge in [-0.25, -0.2) is 0 Å². The van der Waals surface area contributed by atoms with Crippen molar-refractivity contribution >= 4 is 11.6 Å². The van der Waals surface area contributed by atoms with E-state index in [0.29, 0.717) is 6.04 Å². The minimum absolute atomic E-state index is 0.261. The zero-order chi connectivity index (χ0) is 14.4. The highest BCUT2D eigenvalue weighted by Crippen LogP contribution is 2.23. The molecule has 2 aromatic carbocycles. The highest BCUT2D eigenvalue weighted by atomic mass is 35.5. The van der Waals surface area contributed by atoms with E-state index < -0.39 is 0 Å². The first-order chi connectivity index (χ1) is 9.70. The van der Waals surface area contributed by atoms with Crippen LogP contribution in [0.25, 0.3) is 0 Å². The second-order valence-corrected chi connectivity index (χ2v) is 5.61. The minimum atomic E-state index is 0.261. The van der Waals surface area contributed by atoms with Gasteiger partial charge in [0.1, 0.15) is 0 Å². The second-order valence-electron chi connectivity index (χ2n) is 5.20. The molecule has 0 saturated carbocycles. The number of halogens is 1. The Morgan fingerprint density at radius 2 is 1.65 bits per heavy atom. The summed E-state index contributed by atoms with van der Waals surface area (Å²) in [6.07, 6.45) is 2.15. The van der Waals surface area contributed by atoms with Gasteiger partial charge in [-0.3, -0.25) is 0 Å². The van der Waals surface area contributed by atoms with Gasteiger partial charge in [-0.1, -0.05) is 67.1 Å². The number of rotatable bonds is 6. The van der Waals surface area contributed by atoms with E-state index >= 15 is 0 Å². The first kappa shape index (κ1) is 15.1. The van der Waals surface area contributed by atoms with Crippen molar-refractivity contribution in [3.8, 4) is 0 Å². The second kappa shape index (κ2) is 7.47. The molecule has 2 atom stereocenters. The lowest BCUT2D eigenvalue weighted by Crippen LogP contribution is -2.33. The first-order valence-electron chi connectivity index (χ1n) is 7.25. The van der Waals surface area contributed by atoms with Crippen LogP contribution in [-0.4, -0.2) is 6.04 Å². The van der Waals surface area contributed by atoms with E-state index in [1.54, 1.807) is 0 Å². The van der Waals surface area contributed by atoms with E-state index in [1.807, 2.05) is 18.2 Å². The van der Waals surface area contributed by atoms with Gasteiger partial charge in [0.2, 0.25) is 0 Å². The molecule has 0 aliphatic carbocycles. The van der Waals surface area contributed by atoms with Crippen LogP contribution in [0, 0.1) is 0 Å². The van der Waals surface area contributed by atoms with Gasteiger partial charge in [-0.2, -0.15) is 0 Å². The van der Waals surface area contributed by atoms with E-state index in [0.717, 1.165) is 17.9 Å². The Hall–Kier alpha value is -1.31. The highest BCUT2D eigenvalue weighted by molar-refractivity contribution is 6.31. The maximum absolute atomic E-state index is 6.27. The molecule has 2 heteroatoms. The van der Waals surface area contributed by atoms with Gasteiger partial charge in [0.05, 0.1) is 0 Å². The van der Waals surface area contributed by atoms with Gasteiger partial charge in [0.25, 0.3) is 0 Å². The molecule has 0 aliphatic rings. The van der Waals surface area contributed by atoms with Gasteiger partial charge in [0, 0.05) is 17.1 Å². The van der Waals surface area contributed by atoms with E-state index in [-0.39, 0.29) is 6.04 Å². The Kier molecular flexibility index (Phi) is 5.63. The lowest BCUT2D eigenvalue weighted by atomic mass is 10.0. The van der Waals surface area contributed by atoms with Crippen LogP contribution in [0.1, 0.15) is 37.4 Å². The van der Waals surface area contributed by atoms with E-state index in [1.165, 1.54) is 11.1 Å². The van der Waals surface area contributed by atoms with Crippen molar-refractivity contribution < 1.29 is 0 Å². The number of benzene rings is 2. The smallest absolute Gasteiger partial charge is 0.0453 e. The molecule has 0 radical (unpaired) electrons. The molecule has 0 aliphatic heterocycles. The van der Waals surface area contributed by atoms with Crippen molar-refractivity contribution in [1.82, 2.24) is 5.32 Å². The van der Waals surface area contributed by atoms with Crippen LogP contribution >= 0.6 is 11.6 Å². The first-order valence-corrected chi connectivity index (χ1v) is 7.63. The largest absolute Gasteiger partial charge is 0.307 e. The topological polar surface area (TPSA) is 12.0 Å². The highest BCUT2D eigenvalue weighted by Gasteiger charge is 2.14. The minimum Gasteiger partial charge on any atom is -0.307 e. The molecule has 0 spiro atoms. The maximum Gasteiger partial charge on any atom is 0.0453 e. The maximum atomic E-state index is 6.27. The monoisotopic (exact) mass is 287 g/mol. The van der Waals surface area contributed by atoms with Crippen LogP contribution in [0.3, 0.4) is 0 Å². The molecule has 1 unspecified atom stereocenters. The quantitative estimate of drug-likeness (QED) is 0.787. The molecule has 20 heavy (non-hydrogen) atoms. The third kappa shape index (κ3) is 4.09. The Labute approximate surface area is 127 Å². The van der Waals surface area contributed by atoms with Crippen LogP contribution in [-0.2, 0) is 6.42 Å². The Morgan fingerprint density at radius 3 is 2.30 bits per heavy atom. The Morgan fingerprint density at radius 1 is 1.00 bits per heavy atom. The molecule has 0 bridgehead atoms. The van der Waals surface area contributed by atoms with Gasteiger partial charge >= 0.3 is 0 Å². The van der Waals surface area contributed by atoms with Crippen LogP contribution in [0.5, 0.6) is 0 Å². The van der Waals surface area contributed by atoms with Crippen molar-refractivity contribution in [3.63, 3.8) is 0 Å². The van der Waals surface area contributed by atoms with Gasteiger partial charge < -0.3 is 5.32 Å². The van der Waals surface area contributed by atoms with Crippen molar-refractivity contribution in [3.05, 3.63) is 70.7 Å². The van der Waals surface area contributed by atoms with Gasteiger partial charge in [-0.05, 0) is 37.0 Å². The molecular formula is C18H22ClN. The summed E-state index contributed by atoms with van der Waals surface area (Å²) in [4.78, 5) is 0. The van der Waals surface area contributed by atoms with E-state index in [2.05, 4.69) is 55.6 Å². The Balaban J connectivity index is 2.01. The molecule has 1 N–H and O–H groups in total. The predicted octanol–water partition coefficient (Wildman–Crippen LogP) is 5.01. The average Bonchev–Trinajstić information content (AvgIpc) is 2.48. The fraction of sp³-hybridized carbons (Fsp3) is 0.333. The SMILES string of the molecule is CCC(Cc1ccccc1)N[C@H](C)c1ccccc1Cl. The predicted molar refractivity (Wildman–Crippen MR) is 87.2 cm³/mol. The molecule has 2 aromatic rings. The number of hydrogen-bond acceptors (Lipinski definition) is 1. The summed E-state index contributed by atoms with van der Waals surface area (Å²) >= 11 is 6.27. The fourth-order valence-corrected chi connectivity index (χ4v) is 2.79. The summed E-state index contributed by atoms with van der Waals surface area (Å²) in [5, 5.41) is 4.52. The van der Waals surface area contributed by atoms with Crippen LogP contribution in [0.15, 0.2) is 54.6 Å². The normalized spacial score (nSPS) is 13.9. The summed E-state index contributed by atoms with van der Waals surface area (Å²) in [5.41, 5.74) is 2.54. The lowest BCUT2D eigenvalue weighted by molar-refractivity contribution is 0.440. The molecule has 2 rings (SSSR count). The van der Waals surface area contributed by atoms with E-state index in [9.17, 15) is 0 Å². The zero-order valence-electron chi connectivity index (χ0n) is 12.1. The molecule has 0 aromatic heterocycles. The summed E-state index contributed by atoms with van der Waals surface area (Å²) in [5.74, 6) is 0.